The summed E-state index contributed by atoms with van der Waals surface area (Å²) >= 11 is 0. The average molecular weight is 442 g/mol. The summed E-state index contributed by atoms with van der Waals surface area (Å²) in [6.45, 7) is 8.07. The third-order valence-corrected chi connectivity index (χ3v) is 6.55. The number of esters is 1. The SMILES string of the molecule is C=CC(=O)Oc1ccc2c(c1)C(C)(C)C1(c3ccccc3)Oc3ccc([N+](=O)[O-])cc3CN21. The van der Waals surface area contributed by atoms with Gasteiger partial charge in [-0.3, -0.25) is 10.1 Å². The van der Waals surface area contributed by atoms with Gasteiger partial charge in [0.15, 0.2) is 0 Å². The quantitative estimate of drug-likeness (QED) is 0.181. The number of nitrogens with zero attached hydrogens (tertiary/aromatic N) is 2. The standard InChI is InChI=1S/C26H22N2O5/c1-4-24(29)32-20-11-12-22-21(15-20)25(2,3)26(18-8-6-5-7-9-18)27(22)16-17-14-19(28(30)31)10-13-23(17)33-26/h4-15H,1,16H2,2-3H3. The van der Waals surface area contributed by atoms with Crippen LogP contribution in [0, 0.1) is 10.1 Å². The van der Waals surface area contributed by atoms with Crippen LogP contribution in [-0.2, 0) is 22.5 Å². The molecule has 1 unspecified atom stereocenters. The molecule has 0 saturated carbocycles. The number of nitro groups is 1. The van der Waals surface area contributed by atoms with Gasteiger partial charge in [-0.15, -0.1) is 0 Å². The van der Waals surface area contributed by atoms with E-state index in [4.69, 9.17) is 9.47 Å². The zero-order chi connectivity index (χ0) is 23.4. The number of ether oxygens (including phenoxy) is 2. The topological polar surface area (TPSA) is 81.9 Å². The number of hydrogen-bond donors (Lipinski definition) is 0. The van der Waals surface area contributed by atoms with Crippen LogP contribution in [0.4, 0.5) is 11.4 Å². The Morgan fingerprint density at radius 1 is 1.15 bits per heavy atom. The van der Waals surface area contributed by atoms with Crippen LogP contribution in [0.1, 0.15) is 30.5 Å². The highest BCUT2D eigenvalue weighted by Crippen LogP contribution is 2.60. The van der Waals surface area contributed by atoms with Crippen molar-refractivity contribution in [2.75, 3.05) is 4.90 Å². The second kappa shape index (κ2) is 7.20. The molecule has 0 aliphatic carbocycles. The summed E-state index contributed by atoms with van der Waals surface area (Å²) in [5, 5.41) is 11.4. The maximum Gasteiger partial charge on any atom is 0.335 e. The van der Waals surface area contributed by atoms with Gasteiger partial charge in [0.1, 0.15) is 11.5 Å². The van der Waals surface area contributed by atoms with Crippen LogP contribution in [0.3, 0.4) is 0 Å². The van der Waals surface area contributed by atoms with Crippen molar-refractivity contribution in [2.24, 2.45) is 0 Å². The summed E-state index contributed by atoms with van der Waals surface area (Å²) in [6.07, 6.45) is 1.12. The van der Waals surface area contributed by atoms with Crippen molar-refractivity contribution in [3.63, 3.8) is 0 Å². The molecule has 2 heterocycles. The number of nitro benzene ring substituents is 1. The van der Waals surface area contributed by atoms with E-state index in [1.165, 1.54) is 6.07 Å². The Labute approximate surface area is 191 Å². The minimum Gasteiger partial charge on any atom is -0.462 e. The zero-order valence-electron chi connectivity index (χ0n) is 18.3. The molecule has 166 valence electrons. The molecule has 7 heteroatoms. The molecule has 0 N–H and O–H groups in total. The largest absolute Gasteiger partial charge is 0.462 e. The number of benzene rings is 3. The first-order chi connectivity index (χ1) is 15.8. The van der Waals surface area contributed by atoms with Gasteiger partial charge in [0.25, 0.3) is 5.69 Å². The predicted octanol–water partition coefficient (Wildman–Crippen LogP) is 5.23. The molecule has 0 bridgehead atoms. The van der Waals surface area contributed by atoms with E-state index < -0.39 is 22.0 Å². The van der Waals surface area contributed by atoms with Crippen molar-refractivity contribution < 1.29 is 19.2 Å². The number of hydrogen-bond acceptors (Lipinski definition) is 6. The molecule has 1 atom stereocenters. The average Bonchev–Trinajstić information content (AvgIpc) is 3.01. The first-order valence-electron chi connectivity index (χ1n) is 10.6. The maximum absolute atomic E-state index is 11.8. The molecule has 0 aromatic heterocycles. The number of rotatable bonds is 4. The van der Waals surface area contributed by atoms with Crippen LogP contribution in [0.2, 0.25) is 0 Å². The Hall–Kier alpha value is -4.13. The Morgan fingerprint density at radius 2 is 1.91 bits per heavy atom. The van der Waals surface area contributed by atoms with E-state index >= 15 is 0 Å². The van der Waals surface area contributed by atoms with E-state index in [1.807, 2.05) is 42.5 Å². The molecule has 2 aliphatic heterocycles. The lowest BCUT2D eigenvalue weighted by molar-refractivity contribution is -0.385. The van der Waals surface area contributed by atoms with Crippen molar-refractivity contribution in [3.8, 4) is 11.5 Å². The van der Waals surface area contributed by atoms with Crippen LogP contribution in [0.25, 0.3) is 0 Å². The van der Waals surface area contributed by atoms with Crippen molar-refractivity contribution in [2.45, 2.75) is 31.5 Å². The van der Waals surface area contributed by atoms with Crippen molar-refractivity contribution >= 4 is 17.3 Å². The molecule has 5 rings (SSSR count). The van der Waals surface area contributed by atoms with Crippen LogP contribution < -0.4 is 14.4 Å². The molecule has 0 fully saturated rings. The van der Waals surface area contributed by atoms with E-state index in [-0.39, 0.29) is 5.69 Å². The van der Waals surface area contributed by atoms with E-state index in [0.717, 1.165) is 28.5 Å². The first kappa shape index (κ1) is 20.8. The summed E-state index contributed by atoms with van der Waals surface area (Å²) in [5.74, 6) is 0.500. The number of anilines is 1. The Kier molecular flexibility index (Phi) is 4.53. The molecule has 33 heavy (non-hydrogen) atoms. The molecular weight excluding hydrogens is 420 g/mol. The molecule has 0 radical (unpaired) electrons. The van der Waals surface area contributed by atoms with Crippen molar-refractivity contribution in [1.29, 1.82) is 0 Å². The number of fused-ring (bicyclic) bond motifs is 4. The third-order valence-electron chi connectivity index (χ3n) is 6.55. The summed E-state index contributed by atoms with van der Waals surface area (Å²) in [4.78, 5) is 24.9. The van der Waals surface area contributed by atoms with E-state index in [2.05, 4.69) is 25.3 Å². The van der Waals surface area contributed by atoms with Gasteiger partial charge in [0.05, 0.1) is 16.9 Å². The smallest absolute Gasteiger partial charge is 0.335 e. The van der Waals surface area contributed by atoms with Crippen LogP contribution >= 0.6 is 0 Å². The lowest BCUT2D eigenvalue weighted by Gasteiger charge is -2.50. The second-order valence-electron chi connectivity index (χ2n) is 8.68. The lowest BCUT2D eigenvalue weighted by atomic mass is 9.73. The third kappa shape index (κ3) is 2.92. The molecular formula is C26H22N2O5. The maximum atomic E-state index is 11.8. The van der Waals surface area contributed by atoms with E-state index in [1.54, 1.807) is 18.2 Å². The highest BCUT2D eigenvalue weighted by molar-refractivity contribution is 5.83. The van der Waals surface area contributed by atoms with Crippen LogP contribution in [0.15, 0.2) is 79.4 Å². The molecule has 0 spiro atoms. The van der Waals surface area contributed by atoms with Gasteiger partial charge in [-0.25, -0.2) is 4.79 Å². The van der Waals surface area contributed by atoms with Crippen molar-refractivity contribution in [3.05, 3.63) is 106 Å². The predicted molar refractivity (Wildman–Crippen MR) is 123 cm³/mol. The summed E-state index contributed by atoms with van der Waals surface area (Å²) in [6, 6.07) is 20.1. The van der Waals surface area contributed by atoms with E-state index in [9.17, 15) is 14.9 Å². The fourth-order valence-corrected chi connectivity index (χ4v) is 5.01. The number of carbonyl (C=O) groups is 1. The molecule has 3 aromatic rings. The molecule has 0 saturated heterocycles. The monoisotopic (exact) mass is 442 g/mol. The molecule has 7 nitrogen and oxygen atoms in total. The summed E-state index contributed by atoms with van der Waals surface area (Å²) < 4.78 is 12.2. The van der Waals surface area contributed by atoms with Gasteiger partial charge in [0, 0.05) is 35.0 Å². The Morgan fingerprint density at radius 3 is 2.61 bits per heavy atom. The van der Waals surface area contributed by atoms with E-state index in [0.29, 0.717) is 18.0 Å². The Balaban J connectivity index is 1.72. The van der Waals surface area contributed by atoms with Gasteiger partial charge in [0.2, 0.25) is 5.72 Å². The van der Waals surface area contributed by atoms with Crippen LogP contribution in [0.5, 0.6) is 11.5 Å². The minimum atomic E-state index is -0.902. The number of carbonyl (C=O) groups excluding carboxylic acids is 1. The lowest BCUT2D eigenvalue weighted by Crippen LogP contribution is -2.58. The van der Waals surface area contributed by atoms with Gasteiger partial charge < -0.3 is 14.4 Å². The highest BCUT2D eigenvalue weighted by atomic mass is 16.6. The van der Waals surface area contributed by atoms with Gasteiger partial charge >= 0.3 is 5.97 Å². The first-order valence-corrected chi connectivity index (χ1v) is 10.6. The fourth-order valence-electron chi connectivity index (χ4n) is 5.01. The second-order valence-corrected chi connectivity index (χ2v) is 8.68. The molecule has 0 amide bonds. The summed E-state index contributed by atoms with van der Waals surface area (Å²) in [5.41, 5.74) is 2.11. The number of non-ortho nitro benzene ring substituents is 1. The molecule has 3 aromatic carbocycles. The highest BCUT2D eigenvalue weighted by Gasteiger charge is 2.62. The molecule has 2 aliphatic rings. The fraction of sp³-hybridized carbons (Fsp3) is 0.192. The van der Waals surface area contributed by atoms with Crippen LogP contribution in [-0.4, -0.2) is 10.9 Å². The van der Waals surface area contributed by atoms with Gasteiger partial charge in [-0.05, 0) is 43.7 Å². The normalized spacial score (nSPS) is 19.5. The van der Waals surface area contributed by atoms with Gasteiger partial charge in [-0.1, -0.05) is 36.9 Å². The summed E-state index contributed by atoms with van der Waals surface area (Å²) in [7, 11) is 0. The zero-order valence-corrected chi connectivity index (χ0v) is 18.3. The van der Waals surface area contributed by atoms with Gasteiger partial charge in [-0.2, -0.15) is 0 Å². The van der Waals surface area contributed by atoms with Crippen molar-refractivity contribution in [1.82, 2.24) is 0 Å². The minimum absolute atomic E-state index is 0.0231. The Bertz CT molecular complexity index is 1300.